The summed E-state index contributed by atoms with van der Waals surface area (Å²) in [7, 11) is 0. The Morgan fingerprint density at radius 3 is 2.33 bits per heavy atom. The maximum absolute atomic E-state index is 9.63. The zero-order valence-electron chi connectivity index (χ0n) is 15.4. The van der Waals surface area contributed by atoms with Gasteiger partial charge in [0.15, 0.2) is 0 Å². The van der Waals surface area contributed by atoms with Crippen molar-refractivity contribution < 1.29 is 9.84 Å². The van der Waals surface area contributed by atoms with Crippen LogP contribution in [0.25, 0.3) is 16.8 Å². The highest BCUT2D eigenvalue weighted by molar-refractivity contribution is 5.68. The second-order valence-corrected chi connectivity index (χ2v) is 6.92. The first kappa shape index (κ1) is 17.8. The van der Waals surface area contributed by atoms with E-state index in [9.17, 15) is 5.11 Å². The summed E-state index contributed by atoms with van der Waals surface area (Å²) in [6.45, 7) is 3.28. The first-order valence-electron chi connectivity index (χ1n) is 9.53. The van der Waals surface area contributed by atoms with E-state index in [1.54, 1.807) is 0 Å². The van der Waals surface area contributed by atoms with Gasteiger partial charge in [-0.2, -0.15) is 0 Å². The molecule has 140 valence electrons. The number of para-hydroxylation sites is 1. The summed E-state index contributed by atoms with van der Waals surface area (Å²) in [5, 5.41) is 14.3. The average molecular weight is 363 g/mol. The highest BCUT2D eigenvalue weighted by Gasteiger charge is 2.18. The SMILES string of the molecule is OC1CCN(CCOc2nn(-c3ccccc3)cc2-c2ccccc2)CC1. The lowest BCUT2D eigenvalue weighted by molar-refractivity contribution is 0.0751. The molecular formula is C22H25N3O2. The van der Waals surface area contributed by atoms with Crippen LogP contribution in [0.2, 0.25) is 0 Å². The molecular weight excluding hydrogens is 338 g/mol. The van der Waals surface area contributed by atoms with Crippen molar-refractivity contribution in [1.29, 1.82) is 0 Å². The number of rotatable bonds is 6. The summed E-state index contributed by atoms with van der Waals surface area (Å²) in [6.07, 6.45) is 3.57. The van der Waals surface area contributed by atoms with Crippen LogP contribution in [0.3, 0.4) is 0 Å². The zero-order valence-corrected chi connectivity index (χ0v) is 15.4. The van der Waals surface area contributed by atoms with E-state index in [0.29, 0.717) is 12.5 Å². The molecule has 5 nitrogen and oxygen atoms in total. The largest absolute Gasteiger partial charge is 0.475 e. The lowest BCUT2D eigenvalue weighted by atomic mass is 10.1. The first-order chi connectivity index (χ1) is 13.3. The minimum atomic E-state index is -0.145. The molecule has 2 heterocycles. The second kappa shape index (κ2) is 8.37. The molecule has 0 unspecified atom stereocenters. The molecule has 0 saturated carbocycles. The highest BCUT2D eigenvalue weighted by Crippen LogP contribution is 2.30. The van der Waals surface area contributed by atoms with Gasteiger partial charge in [0.05, 0.1) is 17.4 Å². The molecule has 5 heteroatoms. The second-order valence-electron chi connectivity index (χ2n) is 6.92. The topological polar surface area (TPSA) is 50.5 Å². The van der Waals surface area contributed by atoms with Crippen LogP contribution in [0.5, 0.6) is 5.88 Å². The van der Waals surface area contributed by atoms with E-state index in [1.165, 1.54) is 0 Å². The van der Waals surface area contributed by atoms with Gasteiger partial charge >= 0.3 is 0 Å². The van der Waals surface area contributed by atoms with Crippen LogP contribution in [0.15, 0.2) is 66.9 Å². The molecule has 1 aliphatic heterocycles. The number of aromatic nitrogens is 2. The van der Waals surface area contributed by atoms with Crippen LogP contribution < -0.4 is 4.74 Å². The lowest BCUT2D eigenvalue weighted by Crippen LogP contribution is -2.38. The van der Waals surface area contributed by atoms with Crippen molar-refractivity contribution in [2.45, 2.75) is 18.9 Å². The fourth-order valence-electron chi connectivity index (χ4n) is 3.41. The zero-order chi connectivity index (χ0) is 18.5. The van der Waals surface area contributed by atoms with E-state index >= 15 is 0 Å². The molecule has 1 fully saturated rings. The first-order valence-corrected chi connectivity index (χ1v) is 9.53. The van der Waals surface area contributed by atoms with E-state index in [0.717, 1.165) is 49.3 Å². The third-order valence-corrected chi connectivity index (χ3v) is 4.99. The Bertz CT molecular complexity index is 841. The number of likely N-dealkylation sites (tertiary alicyclic amines) is 1. The molecule has 1 N–H and O–H groups in total. The number of aliphatic hydroxyl groups excluding tert-OH is 1. The van der Waals surface area contributed by atoms with Crippen molar-refractivity contribution in [2.24, 2.45) is 0 Å². The van der Waals surface area contributed by atoms with Crippen molar-refractivity contribution in [3.8, 4) is 22.7 Å². The standard InChI is InChI=1S/C22H25N3O2/c26-20-11-13-24(14-12-20)15-16-27-22-21(18-7-3-1-4-8-18)17-25(23-22)19-9-5-2-6-10-19/h1-10,17,20,26H,11-16H2. The molecule has 1 aromatic heterocycles. The number of nitrogens with zero attached hydrogens (tertiary/aromatic N) is 3. The fourth-order valence-corrected chi connectivity index (χ4v) is 3.41. The van der Waals surface area contributed by atoms with Gasteiger partial charge in [0.1, 0.15) is 6.61 Å². The van der Waals surface area contributed by atoms with Gasteiger partial charge in [-0.1, -0.05) is 48.5 Å². The van der Waals surface area contributed by atoms with Gasteiger partial charge in [-0.05, 0) is 30.5 Å². The van der Waals surface area contributed by atoms with E-state index < -0.39 is 0 Å². The Balaban J connectivity index is 1.51. The third kappa shape index (κ3) is 4.38. The van der Waals surface area contributed by atoms with Crippen LogP contribution in [0.4, 0.5) is 0 Å². The summed E-state index contributed by atoms with van der Waals surface area (Å²) < 4.78 is 7.96. The number of benzene rings is 2. The number of ether oxygens (including phenoxy) is 1. The maximum Gasteiger partial charge on any atom is 0.241 e. The third-order valence-electron chi connectivity index (χ3n) is 4.99. The number of piperidine rings is 1. The Morgan fingerprint density at radius 1 is 0.963 bits per heavy atom. The van der Waals surface area contributed by atoms with Crippen molar-refractivity contribution in [2.75, 3.05) is 26.2 Å². The number of hydrogen-bond acceptors (Lipinski definition) is 4. The number of aliphatic hydroxyl groups is 1. The molecule has 0 radical (unpaired) electrons. The van der Waals surface area contributed by atoms with Crippen LogP contribution in [-0.2, 0) is 0 Å². The molecule has 0 spiro atoms. The Hall–Kier alpha value is -2.63. The van der Waals surface area contributed by atoms with Crippen LogP contribution in [0.1, 0.15) is 12.8 Å². The van der Waals surface area contributed by atoms with Gasteiger partial charge < -0.3 is 9.84 Å². The molecule has 1 saturated heterocycles. The minimum Gasteiger partial charge on any atom is -0.475 e. The van der Waals surface area contributed by atoms with E-state index in [1.807, 2.05) is 59.4 Å². The molecule has 0 atom stereocenters. The van der Waals surface area contributed by atoms with Crippen LogP contribution in [0, 0.1) is 0 Å². The van der Waals surface area contributed by atoms with Crippen LogP contribution >= 0.6 is 0 Å². The molecule has 27 heavy (non-hydrogen) atoms. The van der Waals surface area contributed by atoms with Crippen molar-refractivity contribution in [3.63, 3.8) is 0 Å². The highest BCUT2D eigenvalue weighted by atomic mass is 16.5. The molecule has 0 amide bonds. The van der Waals surface area contributed by atoms with Crippen molar-refractivity contribution in [3.05, 3.63) is 66.9 Å². The minimum absolute atomic E-state index is 0.145. The summed E-state index contributed by atoms with van der Waals surface area (Å²) in [6, 6.07) is 20.3. The molecule has 4 rings (SSSR count). The predicted octanol–water partition coefficient (Wildman–Crippen LogP) is 3.37. The van der Waals surface area contributed by atoms with Gasteiger partial charge in [0, 0.05) is 25.8 Å². The van der Waals surface area contributed by atoms with Crippen molar-refractivity contribution in [1.82, 2.24) is 14.7 Å². The summed E-state index contributed by atoms with van der Waals surface area (Å²) in [4.78, 5) is 2.34. The lowest BCUT2D eigenvalue weighted by Gasteiger charge is -2.29. The smallest absolute Gasteiger partial charge is 0.241 e. The monoisotopic (exact) mass is 363 g/mol. The van der Waals surface area contributed by atoms with Gasteiger partial charge in [-0.15, -0.1) is 5.10 Å². The summed E-state index contributed by atoms with van der Waals surface area (Å²) >= 11 is 0. The van der Waals surface area contributed by atoms with Gasteiger partial charge in [-0.25, -0.2) is 4.68 Å². The molecule has 0 aliphatic carbocycles. The van der Waals surface area contributed by atoms with Gasteiger partial charge in [0.2, 0.25) is 5.88 Å². The van der Waals surface area contributed by atoms with E-state index in [2.05, 4.69) is 22.1 Å². The Morgan fingerprint density at radius 2 is 1.63 bits per heavy atom. The summed E-state index contributed by atoms with van der Waals surface area (Å²) in [5.41, 5.74) is 3.10. The summed E-state index contributed by atoms with van der Waals surface area (Å²) in [5.74, 6) is 0.655. The number of hydrogen-bond donors (Lipinski definition) is 1. The van der Waals surface area contributed by atoms with Crippen LogP contribution in [-0.4, -0.2) is 52.1 Å². The van der Waals surface area contributed by atoms with Gasteiger partial charge in [0.25, 0.3) is 0 Å². The average Bonchev–Trinajstić information content (AvgIpc) is 3.15. The van der Waals surface area contributed by atoms with E-state index in [-0.39, 0.29) is 6.10 Å². The maximum atomic E-state index is 9.63. The Kier molecular flexibility index (Phi) is 5.51. The van der Waals surface area contributed by atoms with Gasteiger partial charge in [-0.3, -0.25) is 4.90 Å². The predicted molar refractivity (Wildman–Crippen MR) is 106 cm³/mol. The normalized spacial score (nSPS) is 15.7. The fraction of sp³-hybridized carbons (Fsp3) is 0.318. The van der Waals surface area contributed by atoms with E-state index in [4.69, 9.17) is 4.74 Å². The molecule has 0 bridgehead atoms. The van der Waals surface area contributed by atoms with Crippen molar-refractivity contribution >= 4 is 0 Å². The molecule has 3 aromatic rings. The molecule has 1 aliphatic rings. The Labute approximate surface area is 159 Å². The quantitative estimate of drug-likeness (QED) is 0.729. The molecule has 2 aromatic carbocycles.